The largest absolute Gasteiger partial charge is 0.497 e. The molecule has 6 aromatic carbocycles. The number of benzene rings is 6. The summed E-state index contributed by atoms with van der Waals surface area (Å²) in [5, 5.41) is 13.8. The van der Waals surface area contributed by atoms with Gasteiger partial charge in [-0.1, -0.05) is 71.2 Å². The molecule has 3 aliphatic rings. The van der Waals surface area contributed by atoms with E-state index in [-0.39, 0.29) is 24.2 Å². The molecular formula is C73H75Cl3N20O10S. The van der Waals surface area contributed by atoms with Gasteiger partial charge in [-0.25, -0.2) is 15.0 Å². The number of methoxy groups -OCH3 is 5. The molecule has 3 aliphatic heterocycles. The first-order valence-electron chi connectivity index (χ1n) is 33.9. The number of nitrogens with one attached hydrogen (secondary N) is 7. The molecule has 3 saturated heterocycles. The Bertz CT molecular complexity index is 5020. The van der Waals surface area contributed by atoms with Crippen LogP contribution in [-0.4, -0.2) is 182 Å². The maximum Gasteiger partial charge on any atom is 0.239 e. The number of imidazole rings is 3. The number of piperazine rings is 2. The topological polar surface area (TPSA) is 332 Å². The Kier molecular flexibility index (Phi) is 23.7. The molecule has 15 rings (SSSR count). The Labute approximate surface area is 633 Å². The van der Waals surface area contributed by atoms with Gasteiger partial charge in [-0.2, -0.15) is 41.7 Å². The Morgan fingerprint density at radius 3 is 1.24 bits per heavy atom. The second-order valence-electron chi connectivity index (χ2n) is 24.1. The Morgan fingerprint density at radius 1 is 0.439 bits per heavy atom. The highest BCUT2D eigenvalue weighted by Crippen LogP contribution is 2.42. The van der Waals surface area contributed by atoms with Gasteiger partial charge in [0.1, 0.15) is 46.4 Å². The van der Waals surface area contributed by atoms with Crippen LogP contribution in [-0.2, 0) is 29.2 Å². The predicted molar refractivity (Wildman–Crippen MR) is 413 cm³/mol. The zero-order valence-electron chi connectivity index (χ0n) is 59.0. The van der Waals surface area contributed by atoms with E-state index in [9.17, 15) is 9.59 Å². The molecule has 0 aliphatic carbocycles. The number of nitrogens with zero attached hydrogens (tertiary/aromatic N) is 13. The van der Waals surface area contributed by atoms with E-state index in [2.05, 4.69) is 76.0 Å². The lowest BCUT2D eigenvalue weighted by Gasteiger charge is -2.34. The van der Waals surface area contributed by atoms with Crippen molar-refractivity contribution in [3.05, 3.63) is 166 Å². The van der Waals surface area contributed by atoms with Crippen molar-refractivity contribution in [1.29, 1.82) is 0 Å². The Hall–Kier alpha value is -11.7. The van der Waals surface area contributed by atoms with Gasteiger partial charge in [0.15, 0.2) is 34.5 Å². The number of halogens is 3. The second-order valence-corrected chi connectivity index (χ2v) is 26.5. The number of carbonyl (C=O) groups is 2. The Morgan fingerprint density at radius 2 is 0.841 bits per heavy atom. The van der Waals surface area contributed by atoms with E-state index in [1.165, 1.54) is 21.3 Å². The molecule has 6 aromatic heterocycles. The summed E-state index contributed by atoms with van der Waals surface area (Å²) in [7, 11) is 7.73. The maximum absolute atomic E-state index is 12.0. The summed E-state index contributed by atoms with van der Waals surface area (Å²) in [4.78, 5) is 83.2. The van der Waals surface area contributed by atoms with Crippen molar-refractivity contribution in [3.63, 3.8) is 0 Å². The molecule has 0 saturated carbocycles. The summed E-state index contributed by atoms with van der Waals surface area (Å²) in [6.45, 7) is 8.24. The molecule has 554 valence electrons. The van der Waals surface area contributed by atoms with E-state index in [0.29, 0.717) is 167 Å². The molecule has 30 nitrogen and oxygen atoms in total. The zero-order chi connectivity index (χ0) is 74.3. The van der Waals surface area contributed by atoms with Crippen molar-refractivity contribution in [2.24, 2.45) is 0 Å². The minimum atomic E-state index is -0.101. The second kappa shape index (κ2) is 34.5. The number of hydrogen-bond donors (Lipinski definition) is 7. The molecule has 3 fully saturated rings. The number of ether oxygens (including phenoxy) is 8. The Balaban J connectivity index is 0.000000142. The molecule has 0 bridgehead atoms. The standard InChI is InChI=1S/C26H28ClN7O4.C24H24ClN7O4.C23H23ClN6O2S/c1-16(35)33-8-10-34(11-9-33)26-31-23(28-15-24-29-18-6-4-5-7-19(18)30-24)14-25(32-26)38-20-13-22(37-3)21(36-2)12-17(20)27;1-34-18-9-14(25)17(10-19(18)35-2)36-23-11-20(30-24(31-23)32-8-7-26-22(33)13-32)27-12-21-28-15-5-3-4-6-16(15)29-21;1-31-15-6-7-19(16(24)12-15)32-22-13-20(28-23(29-22)30-8-10-33-11-9-30)25-14-21-26-17-4-2-3-5-18(17)27-21/h4-7,12-14H,8-11,15H2,1-3H3,(H,29,30)(H,28,31,32);3-6,9-11H,7-8,12-13H2,1-2H3,(H,26,33)(H,28,29)(H,27,30,31);2-7,12-13H,8-11,14H2,1H3,(H,26,27)(H,25,28,29). The molecular weight excluding hydrogens is 1460 g/mol. The molecule has 7 N–H and O–H groups in total. The number of hydrogen-bond acceptors (Lipinski definition) is 26. The van der Waals surface area contributed by atoms with Gasteiger partial charge in [0.05, 0.1) is 110 Å². The highest BCUT2D eigenvalue weighted by Gasteiger charge is 2.26. The summed E-state index contributed by atoms with van der Waals surface area (Å²) in [6.07, 6.45) is 0. The summed E-state index contributed by atoms with van der Waals surface area (Å²) < 4.78 is 44.8. The number of rotatable bonds is 23. The molecule has 0 atom stereocenters. The van der Waals surface area contributed by atoms with Gasteiger partial charge in [-0.15, -0.1) is 0 Å². The van der Waals surface area contributed by atoms with Gasteiger partial charge in [0, 0.05) is 119 Å². The molecule has 107 heavy (non-hydrogen) atoms. The van der Waals surface area contributed by atoms with Crippen molar-refractivity contribution in [2.45, 2.75) is 26.6 Å². The van der Waals surface area contributed by atoms with Crippen LogP contribution >= 0.6 is 46.6 Å². The highest BCUT2D eigenvalue weighted by molar-refractivity contribution is 7.99. The van der Waals surface area contributed by atoms with Crippen LogP contribution < -0.4 is 73.9 Å². The third-order valence-electron chi connectivity index (χ3n) is 17.0. The van der Waals surface area contributed by atoms with Crippen molar-refractivity contribution in [1.82, 2.24) is 70.0 Å². The minimum Gasteiger partial charge on any atom is -0.497 e. The zero-order valence-corrected chi connectivity index (χ0v) is 62.1. The molecule has 0 radical (unpaired) electrons. The summed E-state index contributed by atoms with van der Waals surface area (Å²) in [5.41, 5.74) is 5.61. The summed E-state index contributed by atoms with van der Waals surface area (Å²) in [6, 6.07) is 40.5. The minimum absolute atomic E-state index is 0.0546. The first-order chi connectivity index (χ1) is 52.1. The van der Waals surface area contributed by atoms with Crippen molar-refractivity contribution in [3.8, 4) is 63.6 Å². The van der Waals surface area contributed by atoms with Gasteiger partial charge in [0.2, 0.25) is 47.3 Å². The van der Waals surface area contributed by atoms with Crippen LogP contribution in [0, 0.1) is 0 Å². The number of carbonyl (C=O) groups excluding carboxylic acids is 2. The fourth-order valence-corrected chi connectivity index (χ4v) is 13.0. The maximum atomic E-state index is 12.0. The van der Waals surface area contributed by atoms with Gasteiger partial charge < -0.3 is 93.7 Å². The van der Waals surface area contributed by atoms with Crippen LogP contribution in [0.1, 0.15) is 24.4 Å². The monoisotopic (exact) mass is 1530 g/mol. The molecule has 0 spiro atoms. The fourth-order valence-electron chi connectivity index (χ4n) is 11.5. The van der Waals surface area contributed by atoms with Crippen LogP contribution in [0.15, 0.2) is 133 Å². The van der Waals surface area contributed by atoms with Crippen molar-refractivity contribution >= 4 is 127 Å². The highest BCUT2D eigenvalue weighted by atomic mass is 35.5. The van der Waals surface area contributed by atoms with E-state index in [4.69, 9.17) is 82.7 Å². The van der Waals surface area contributed by atoms with Gasteiger partial charge >= 0.3 is 0 Å². The van der Waals surface area contributed by atoms with Crippen molar-refractivity contribution in [2.75, 3.05) is 137 Å². The van der Waals surface area contributed by atoms with Crippen LogP contribution in [0.5, 0.6) is 63.6 Å². The average molecular weight is 1530 g/mol. The van der Waals surface area contributed by atoms with Gasteiger partial charge in [0.25, 0.3) is 0 Å². The normalized spacial score (nSPS) is 13.6. The SMILES string of the molecule is COc1cc(Cl)c(Oc2cc(NCc3nc4ccccc4[nH]3)nc(N3CCN(C(C)=O)CC3)n2)cc1OC.COc1cc(Cl)c(Oc2cc(NCc3nc4ccccc4[nH]3)nc(N3CCNC(=O)C3)n2)cc1OC.COc1ccc(Oc2cc(NCc3nc4ccccc4[nH]3)nc(N3CCSCC3)n2)c(Cl)c1. The fraction of sp³-hybridized carbons (Fsp3) is 0.274. The van der Waals surface area contributed by atoms with Gasteiger partial charge in [-0.3, -0.25) is 9.59 Å². The molecule has 34 heteroatoms. The molecule has 9 heterocycles. The summed E-state index contributed by atoms with van der Waals surface area (Å²) in [5.74, 6) is 12.3. The third-order valence-corrected chi connectivity index (χ3v) is 18.8. The molecule has 0 unspecified atom stereocenters. The lowest BCUT2D eigenvalue weighted by molar-refractivity contribution is -0.129. The van der Waals surface area contributed by atoms with Crippen LogP contribution in [0.25, 0.3) is 33.1 Å². The number of amides is 2. The first kappa shape index (κ1) is 73.6. The van der Waals surface area contributed by atoms with E-state index in [1.54, 1.807) is 91.6 Å². The number of anilines is 6. The summed E-state index contributed by atoms with van der Waals surface area (Å²) >= 11 is 21.2. The number of aromatic amines is 3. The smallest absolute Gasteiger partial charge is 0.239 e. The lowest BCUT2D eigenvalue weighted by atomic mass is 10.3. The third kappa shape index (κ3) is 18.7. The van der Waals surface area contributed by atoms with Gasteiger partial charge in [-0.05, 0) is 48.5 Å². The number of thioether (sulfide) groups is 1. The number of H-pyrrole nitrogens is 3. The van der Waals surface area contributed by atoms with E-state index in [0.717, 1.165) is 75.2 Å². The lowest BCUT2D eigenvalue weighted by Crippen LogP contribution is -2.48. The van der Waals surface area contributed by atoms with Crippen LogP contribution in [0.3, 0.4) is 0 Å². The van der Waals surface area contributed by atoms with Crippen molar-refractivity contribution < 1.29 is 47.5 Å². The first-order valence-corrected chi connectivity index (χ1v) is 36.2. The van der Waals surface area contributed by atoms with E-state index < -0.39 is 0 Å². The van der Waals surface area contributed by atoms with Crippen LogP contribution in [0.2, 0.25) is 15.1 Å². The van der Waals surface area contributed by atoms with E-state index in [1.807, 2.05) is 89.5 Å². The predicted octanol–water partition coefficient (Wildman–Crippen LogP) is 12.4. The number of aromatic nitrogens is 12. The van der Waals surface area contributed by atoms with Crippen LogP contribution in [0.4, 0.5) is 35.3 Å². The average Bonchev–Trinajstić information content (AvgIpc) is 1.68. The number of para-hydroxylation sites is 6. The quantitative estimate of drug-likeness (QED) is 0.0313. The van der Waals surface area contributed by atoms with E-state index >= 15 is 0 Å². The molecule has 12 aromatic rings. The molecule has 2 amide bonds. The number of fused-ring (bicyclic) bond motifs is 3.